The second-order valence-corrected chi connectivity index (χ2v) is 4.31. The molecule has 0 rings (SSSR count). The third-order valence-electron chi connectivity index (χ3n) is 2.60. The maximum absolute atomic E-state index is 12.0. The first kappa shape index (κ1) is 19.4. The highest BCUT2D eigenvalue weighted by Crippen LogP contribution is 2.11. The van der Waals surface area contributed by atoms with Gasteiger partial charge in [-0.05, 0) is 12.0 Å². The Morgan fingerprint density at radius 1 is 1.50 bits per heavy atom. The number of nitrogens with one attached hydrogen (secondary N) is 1. The van der Waals surface area contributed by atoms with Crippen molar-refractivity contribution in [3.63, 3.8) is 0 Å². The number of nitrogens with two attached hydrogens (primary N) is 1. The molecule has 0 spiro atoms. The smallest absolute Gasteiger partial charge is 0.322 e. The number of hydrogen-bond donors (Lipinski definition) is 3. The van der Waals surface area contributed by atoms with Gasteiger partial charge in [-0.25, -0.2) is 0 Å². The van der Waals surface area contributed by atoms with Crippen molar-refractivity contribution in [1.29, 1.82) is 0 Å². The molecule has 0 radical (unpaired) electrons. The fourth-order valence-electron chi connectivity index (χ4n) is 1.44. The van der Waals surface area contributed by atoms with Crippen molar-refractivity contribution in [2.24, 2.45) is 16.8 Å². The molecule has 0 fully saturated rings. The summed E-state index contributed by atoms with van der Waals surface area (Å²) in [7, 11) is 0. The molecule has 0 saturated heterocycles. The number of carbonyl (C=O) groups excluding carboxylic acids is 2. The first-order valence-corrected chi connectivity index (χ1v) is 6.45. The SMILES string of the molecule is C=CCOC(=O)CC(CCN=[N+]=[N-])C(=O)NC[C@H](N)C(=O)O. The van der Waals surface area contributed by atoms with Crippen LogP contribution >= 0.6 is 0 Å². The van der Waals surface area contributed by atoms with Gasteiger partial charge in [0.15, 0.2) is 0 Å². The molecule has 0 aromatic rings. The van der Waals surface area contributed by atoms with Crippen LogP contribution in [-0.2, 0) is 19.1 Å². The Kier molecular flexibility index (Phi) is 9.82. The van der Waals surface area contributed by atoms with Crippen LogP contribution in [0.15, 0.2) is 17.8 Å². The van der Waals surface area contributed by atoms with Crippen LogP contribution in [0.3, 0.4) is 0 Å². The van der Waals surface area contributed by atoms with Gasteiger partial charge in [0.2, 0.25) is 5.91 Å². The molecule has 4 N–H and O–H groups in total. The zero-order valence-corrected chi connectivity index (χ0v) is 12.0. The highest BCUT2D eigenvalue weighted by atomic mass is 16.5. The van der Waals surface area contributed by atoms with E-state index in [4.69, 9.17) is 21.1 Å². The number of nitrogens with zero attached hydrogens (tertiary/aromatic N) is 3. The molecule has 122 valence electrons. The minimum absolute atomic E-state index is 0.0212. The molecule has 0 saturated carbocycles. The number of hydrogen-bond acceptors (Lipinski definition) is 6. The second kappa shape index (κ2) is 11.1. The van der Waals surface area contributed by atoms with Gasteiger partial charge >= 0.3 is 11.9 Å². The lowest BCUT2D eigenvalue weighted by Crippen LogP contribution is -2.44. The lowest BCUT2D eigenvalue weighted by molar-refractivity contribution is -0.146. The molecule has 0 aromatic heterocycles. The van der Waals surface area contributed by atoms with Crippen molar-refractivity contribution in [2.45, 2.75) is 18.9 Å². The molecular formula is C12H19N5O5. The monoisotopic (exact) mass is 313 g/mol. The molecule has 0 aliphatic carbocycles. The van der Waals surface area contributed by atoms with E-state index in [9.17, 15) is 14.4 Å². The van der Waals surface area contributed by atoms with Gasteiger partial charge in [-0.15, -0.1) is 0 Å². The van der Waals surface area contributed by atoms with Gasteiger partial charge in [-0.2, -0.15) is 0 Å². The van der Waals surface area contributed by atoms with Gasteiger partial charge < -0.3 is 20.9 Å². The Morgan fingerprint density at radius 3 is 2.73 bits per heavy atom. The van der Waals surface area contributed by atoms with E-state index in [1.54, 1.807) is 0 Å². The van der Waals surface area contributed by atoms with E-state index >= 15 is 0 Å². The maximum Gasteiger partial charge on any atom is 0.322 e. The minimum Gasteiger partial charge on any atom is -0.480 e. The number of carboxylic acid groups (broad SMARTS) is 1. The lowest BCUT2D eigenvalue weighted by atomic mass is 10.0. The van der Waals surface area contributed by atoms with Crippen LogP contribution in [0.5, 0.6) is 0 Å². The standard InChI is InChI=1S/C12H19N5O5/c1-2-5-22-10(18)6-8(3-4-16-17-14)11(19)15-7-9(13)12(20)21/h2,8-9H,1,3-7,13H2,(H,15,19)(H,20,21)/t8?,9-/m0/s1. The summed E-state index contributed by atoms with van der Waals surface area (Å²) < 4.78 is 4.78. The number of esters is 1. The quantitative estimate of drug-likeness (QED) is 0.159. The number of carboxylic acids is 1. The van der Waals surface area contributed by atoms with E-state index in [1.807, 2.05) is 0 Å². The summed E-state index contributed by atoms with van der Waals surface area (Å²) in [5.41, 5.74) is 13.5. The Hall–Kier alpha value is -2.58. The van der Waals surface area contributed by atoms with E-state index in [2.05, 4.69) is 21.9 Å². The van der Waals surface area contributed by atoms with E-state index < -0.39 is 29.8 Å². The fourth-order valence-corrected chi connectivity index (χ4v) is 1.44. The fraction of sp³-hybridized carbons (Fsp3) is 0.583. The van der Waals surface area contributed by atoms with Crippen molar-refractivity contribution in [3.8, 4) is 0 Å². The van der Waals surface area contributed by atoms with Crippen LogP contribution in [0.1, 0.15) is 12.8 Å². The van der Waals surface area contributed by atoms with E-state index in [0.717, 1.165) is 0 Å². The van der Waals surface area contributed by atoms with E-state index in [0.29, 0.717) is 0 Å². The van der Waals surface area contributed by atoms with Crippen molar-refractivity contribution in [1.82, 2.24) is 5.32 Å². The molecule has 0 aliphatic rings. The number of ether oxygens (including phenoxy) is 1. The summed E-state index contributed by atoms with van der Waals surface area (Å²) in [4.78, 5) is 36.6. The van der Waals surface area contributed by atoms with Crippen molar-refractivity contribution >= 4 is 17.8 Å². The average molecular weight is 313 g/mol. The predicted molar refractivity (Wildman–Crippen MR) is 76.5 cm³/mol. The van der Waals surface area contributed by atoms with Crippen molar-refractivity contribution in [3.05, 3.63) is 23.1 Å². The summed E-state index contributed by atoms with van der Waals surface area (Å²) >= 11 is 0. The topological polar surface area (TPSA) is 167 Å². The average Bonchev–Trinajstić information content (AvgIpc) is 2.49. The minimum atomic E-state index is -1.25. The summed E-state index contributed by atoms with van der Waals surface area (Å²) in [6.45, 7) is 3.17. The van der Waals surface area contributed by atoms with Gasteiger partial charge in [0, 0.05) is 23.9 Å². The van der Waals surface area contributed by atoms with Crippen molar-refractivity contribution in [2.75, 3.05) is 19.7 Å². The number of azide groups is 1. The molecule has 0 heterocycles. The Morgan fingerprint density at radius 2 is 2.18 bits per heavy atom. The molecule has 1 amide bonds. The highest BCUT2D eigenvalue weighted by Gasteiger charge is 2.23. The molecule has 10 heteroatoms. The molecule has 0 bridgehead atoms. The summed E-state index contributed by atoms with van der Waals surface area (Å²) in [6, 6.07) is -1.24. The van der Waals surface area contributed by atoms with E-state index in [1.165, 1.54) is 6.08 Å². The molecule has 10 nitrogen and oxygen atoms in total. The predicted octanol–water partition coefficient (Wildman–Crippen LogP) is -0.0496. The van der Waals surface area contributed by atoms with Gasteiger partial charge in [-0.1, -0.05) is 17.8 Å². The molecule has 22 heavy (non-hydrogen) atoms. The number of rotatable bonds is 11. The van der Waals surface area contributed by atoms with E-state index in [-0.39, 0.29) is 32.5 Å². The van der Waals surface area contributed by atoms with Crippen LogP contribution in [0.2, 0.25) is 0 Å². The normalized spacial score (nSPS) is 12.4. The van der Waals surface area contributed by atoms with Gasteiger partial charge in [0.1, 0.15) is 12.6 Å². The molecule has 2 atom stereocenters. The third kappa shape index (κ3) is 8.56. The highest BCUT2D eigenvalue weighted by molar-refractivity contribution is 5.84. The molecular weight excluding hydrogens is 294 g/mol. The first-order chi connectivity index (χ1) is 10.4. The largest absolute Gasteiger partial charge is 0.480 e. The van der Waals surface area contributed by atoms with Gasteiger partial charge in [0.25, 0.3) is 0 Å². The first-order valence-electron chi connectivity index (χ1n) is 6.45. The zero-order chi connectivity index (χ0) is 17.0. The van der Waals surface area contributed by atoms with Crippen LogP contribution in [0, 0.1) is 5.92 Å². The molecule has 0 aromatic carbocycles. The van der Waals surface area contributed by atoms with Gasteiger partial charge in [0.05, 0.1) is 6.42 Å². The number of carbonyl (C=O) groups is 3. The Labute approximate surface area is 126 Å². The van der Waals surface area contributed by atoms with Crippen LogP contribution in [-0.4, -0.2) is 48.7 Å². The Bertz CT molecular complexity index is 461. The summed E-state index contributed by atoms with van der Waals surface area (Å²) in [6.07, 6.45) is 1.29. The van der Waals surface area contributed by atoms with Crippen molar-refractivity contribution < 1.29 is 24.2 Å². The van der Waals surface area contributed by atoms with Gasteiger partial charge in [-0.3, -0.25) is 14.4 Å². The molecule has 0 aliphatic heterocycles. The van der Waals surface area contributed by atoms with Crippen LogP contribution in [0.25, 0.3) is 10.4 Å². The van der Waals surface area contributed by atoms with Crippen LogP contribution < -0.4 is 11.1 Å². The number of amides is 1. The summed E-state index contributed by atoms with van der Waals surface area (Å²) in [5, 5.41) is 14.3. The maximum atomic E-state index is 12.0. The lowest BCUT2D eigenvalue weighted by Gasteiger charge is -2.16. The number of aliphatic carboxylic acids is 1. The summed E-state index contributed by atoms with van der Waals surface area (Å²) in [5.74, 6) is -3.22. The van der Waals surface area contributed by atoms with Crippen LogP contribution in [0.4, 0.5) is 0 Å². The zero-order valence-electron chi connectivity index (χ0n) is 12.0. The molecule has 1 unspecified atom stereocenters. The third-order valence-corrected chi connectivity index (χ3v) is 2.60. The second-order valence-electron chi connectivity index (χ2n) is 4.31. The Balaban J connectivity index is 4.57.